The van der Waals surface area contributed by atoms with Crippen LogP contribution < -0.4 is 10.5 Å². The molecular formula is C11H13ClN2O2S. The number of benzene rings is 1. The van der Waals surface area contributed by atoms with Gasteiger partial charge in [0.05, 0.1) is 5.69 Å². The van der Waals surface area contributed by atoms with Crippen molar-refractivity contribution in [2.45, 2.75) is 24.3 Å². The van der Waals surface area contributed by atoms with Crippen LogP contribution in [0.1, 0.15) is 13.3 Å². The van der Waals surface area contributed by atoms with Crippen molar-refractivity contribution in [1.29, 1.82) is 0 Å². The van der Waals surface area contributed by atoms with E-state index in [9.17, 15) is 8.42 Å². The average molecular weight is 273 g/mol. The van der Waals surface area contributed by atoms with E-state index >= 15 is 0 Å². The minimum atomic E-state index is -3.69. The van der Waals surface area contributed by atoms with Crippen LogP contribution in [0.2, 0.25) is 5.02 Å². The van der Waals surface area contributed by atoms with Crippen molar-refractivity contribution in [1.82, 2.24) is 4.72 Å². The van der Waals surface area contributed by atoms with Crippen LogP contribution in [0.5, 0.6) is 0 Å². The highest BCUT2D eigenvalue weighted by molar-refractivity contribution is 7.89. The molecule has 1 unspecified atom stereocenters. The number of rotatable bonds is 4. The number of hydrogen-bond donors (Lipinski definition) is 2. The van der Waals surface area contributed by atoms with Gasteiger partial charge in [0, 0.05) is 17.5 Å². The Balaban J connectivity index is 3.06. The molecule has 0 fully saturated rings. The van der Waals surface area contributed by atoms with E-state index in [2.05, 4.69) is 10.6 Å². The molecule has 0 spiro atoms. The van der Waals surface area contributed by atoms with E-state index in [0.29, 0.717) is 11.4 Å². The molecule has 0 radical (unpaired) electrons. The maximum Gasteiger partial charge on any atom is 0.242 e. The van der Waals surface area contributed by atoms with Crippen LogP contribution in [-0.4, -0.2) is 14.5 Å². The Kier molecular flexibility index (Phi) is 4.40. The number of nitrogens with one attached hydrogen (secondary N) is 1. The fraction of sp³-hybridized carbons (Fsp3) is 0.273. The summed E-state index contributed by atoms with van der Waals surface area (Å²) in [6, 6.07) is 3.93. The average Bonchev–Trinajstić information content (AvgIpc) is 2.21. The highest BCUT2D eigenvalue weighted by Gasteiger charge is 2.19. The third kappa shape index (κ3) is 3.63. The lowest BCUT2D eigenvalue weighted by Crippen LogP contribution is -2.32. The molecule has 0 bridgehead atoms. The van der Waals surface area contributed by atoms with Crippen molar-refractivity contribution in [2.24, 2.45) is 0 Å². The van der Waals surface area contributed by atoms with E-state index in [-0.39, 0.29) is 16.6 Å². The highest BCUT2D eigenvalue weighted by atomic mass is 35.5. The van der Waals surface area contributed by atoms with Crippen LogP contribution in [-0.2, 0) is 10.0 Å². The third-order valence-corrected chi connectivity index (χ3v) is 3.93. The summed E-state index contributed by atoms with van der Waals surface area (Å²) in [5, 5.41) is 0.309. The lowest BCUT2D eigenvalue weighted by atomic mass is 10.3. The van der Waals surface area contributed by atoms with Gasteiger partial charge in [0.25, 0.3) is 0 Å². The van der Waals surface area contributed by atoms with Gasteiger partial charge in [-0.15, -0.1) is 12.3 Å². The van der Waals surface area contributed by atoms with Gasteiger partial charge in [0.1, 0.15) is 4.90 Å². The maximum absolute atomic E-state index is 12.0. The molecule has 0 saturated heterocycles. The summed E-state index contributed by atoms with van der Waals surface area (Å²) < 4.78 is 26.4. The molecule has 1 aromatic carbocycles. The first kappa shape index (κ1) is 13.8. The number of sulfonamides is 1. The largest absolute Gasteiger partial charge is 0.398 e. The number of halogens is 1. The van der Waals surface area contributed by atoms with Crippen LogP contribution in [0.15, 0.2) is 23.1 Å². The number of terminal acetylenes is 1. The molecule has 0 aliphatic heterocycles. The molecule has 1 rings (SSSR count). The van der Waals surface area contributed by atoms with Gasteiger partial charge in [0.2, 0.25) is 10.0 Å². The van der Waals surface area contributed by atoms with Crippen molar-refractivity contribution in [2.75, 3.05) is 5.73 Å². The van der Waals surface area contributed by atoms with Crippen LogP contribution in [0.3, 0.4) is 0 Å². The Morgan fingerprint density at radius 2 is 2.24 bits per heavy atom. The van der Waals surface area contributed by atoms with Crippen LogP contribution in [0, 0.1) is 12.3 Å². The molecule has 0 heterocycles. The fourth-order valence-electron chi connectivity index (χ4n) is 1.29. The normalized spacial score (nSPS) is 13.0. The first-order valence-corrected chi connectivity index (χ1v) is 6.73. The van der Waals surface area contributed by atoms with Gasteiger partial charge in [-0.25, -0.2) is 13.1 Å². The summed E-state index contributed by atoms with van der Waals surface area (Å²) in [6.07, 6.45) is 5.42. The standard InChI is InChI=1S/C11H13ClN2O2S/c1-3-4-8(2)14-17(15,16)11-7-9(12)5-6-10(11)13/h1,5-8,14H,4,13H2,2H3. The quantitative estimate of drug-likeness (QED) is 0.646. The Morgan fingerprint density at radius 1 is 1.59 bits per heavy atom. The van der Waals surface area contributed by atoms with Gasteiger partial charge in [-0.1, -0.05) is 11.6 Å². The molecule has 4 nitrogen and oxygen atoms in total. The van der Waals surface area contributed by atoms with Crippen LogP contribution in [0.25, 0.3) is 0 Å². The zero-order valence-corrected chi connectivity index (χ0v) is 10.8. The molecular weight excluding hydrogens is 260 g/mol. The lowest BCUT2D eigenvalue weighted by Gasteiger charge is -2.13. The van der Waals surface area contributed by atoms with E-state index in [0.717, 1.165) is 0 Å². The van der Waals surface area contributed by atoms with E-state index in [1.165, 1.54) is 18.2 Å². The second-order valence-electron chi connectivity index (χ2n) is 3.61. The van der Waals surface area contributed by atoms with E-state index in [1.54, 1.807) is 6.92 Å². The number of nitrogens with two attached hydrogens (primary N) is 1. The van der Waals surface area contributed by atoms with Crippen LogP contribution in [0.4, 0.5) is 5.69 Å². The molecule has 0 amide bonds. The molecule has 3 N–H and O–H groups in total. The summed E-state index contributed by atoms with van der Waals surface area (Å²) >= 11 is 5.74. The van der Waals surface area contributed by atoms with Gasteiger partial charge in [-0.2, -0.15) is 0 Å². The number of hydrogen-bond acceptors (Lipinski definition) is 3. The van der Waals surface area contributed by atoms with E-state index in [1.807, 2.05) is 0 Å². The summed E-state index contributed by atoms with van der Waals surface area (Å²) in [5.74, 6) is 2.38. The molecule has 0 aromatic heterocycles. The SMILES string of the molecule is C#CCC(C)NS(=O)(=O)c1cc(Cl)ccc1N. The zero-order chi connectivity index (χ0) is 13.1. The molecule has 0 aliphatic rings. The Labute approximate surface area is 106 Å². The monoisotopic (exact) mass is 272 g/mol. The molecule has 0 saturated carbocycles. The topological polar surface area (TPSA) is 72.2 Å². The number of nitrogen functional groups attached to an aromatic ring is 1. The van der Waals surface area contributed by atoms with Gasteiger partial charge >= 0.3 is 0 Å². The second-order valence-corrected chi connectivity index (χ2v) is 5.73. The van der Waals surface area contributed by atoms with Crippen LogP contribution >= 0.6 is 11.6 Å². The predicted octanol–water partition coefficient (Wildman–Crippen LogP) is 1.61. The zero-order valence-electron chi connectivity index (χ0n) is 9.27. The first-order valence-electron chi connectivity index (χ1n) is 4.87. The van der Waals surface area contributed by atoms with Crippen molar-refractivity contribution < 1.29 is 8.42 Å². The molecule has 92 valence electrons. The van der Waals surface area contributed by atoms with Gasteiger partial charge in [0.15, 0.2) is 0 Å². The lowest BCUT2D eigenvalue weighted by molar-refractivity contribution is 0.564. The minimum absolute atomic E-state index is 0.0335. The third-order valence-electron chi connectivity index (χ3n) is 2.05. The molecule has 1 atom stereocenters. The van der Waals surface area contributed by atoms with Gasteiger partial charge in [-0.05, 0) is 25.1 Å². The van der Waals surface area contributed by atoms with Gasteiger partial charge < -0.3 is 5.73 Å². The molecule has 6 heteroatoms. The summed E-state index contributed by atoms with van der Waals surface area (Å²) in [7, 11) is -3.69. The van der Waals surface area contributed by atoms with Crippen molar-refractivity contribution in [3.8, 4) is 12.3 Å². The van der Waals surface area contributed by atoms with E-state index < -0.39 is 10.0 Å². The minimum Gasteiger partial charge on any atom is -0.398 e. The van der Waals surface area contributed by atoms with Crippen molar-refractivity contribution in [3.63, 3.8) is 0 Å². The molecule has 1 aromatic rings. The second kappa shape index (κ2) is 5.41. The number of anilines is 1. The smallest absolute Gasteiger partial charge is 0.242 e. The summed E-state index contributed by atoms with van der Waals surface area (Å²) in [6.45, 7) is 1.68. The van der Waals surface area contributed by atoms with Crippen molar-refractivity contribution in [3.05, 3.63) is 23.2 Å². The summed E-state index contributed by atoms with van der Waals surface area (Å²) in [5.41, 5.74) is 5.76. The highest BCUT2D eigenvalue weighted by Crippen LogP contribution is 2.22. The van der Waals surface area contributed by atoms with Crippen molar-refractivity contribution >= 4 is 27.3 Å². The Hall–Kier alpha value is -1.22. The fourth-order valence-corrected chi connectivity index (χ4v) is 2.92. The van der Waals surface area contributed by atoms with Gasteiger partial charge in [-0.3, -0.25) is 0 Å². The summed E-state index contributed by atoms with van der Waals surface area (Å²) in [4.78, 5) is -0.0335. The first-order chi connectivity index (χ1) is 7.86. The Bertz CT molecular complexity index is 549. The molecule has 17 heavy (non-hydrogen) atoms. The predicted molar refractivity (Wildman–Crippen MR) is 69.1 cm³/mol. The Morgan fingerprint density at radius 3 is 2.82 bits per heavy atom. The van der Waals surface area contributed by atoms with E-state index in [4.69, 9.17) is 23.8 Å². The maximum atomic E-state index is 12.0. The molecule has 0 aliphatic carbocycles.